The predicted octanol–water partition coefficient (Wildman–Crippen LogP) is 1.84. The van der Waals surface area contributed by atoms with E-state index in [2.05, 4.69) is 24.4 Å². The van der Waals surface area contributed by atoms with Gasteiger partial charge >= 0.3 is 0 Å². The van der Waals surface area contributed by atoms with Crippen molar-refractivity contribution >= 4 is 11.6 Å². The lowest BCUT2D eigenvalue weighted by Gasteiger charge is -2.24. The van der Waals surface area contributed by atoms with Gasteiger partial charge in [0.2, 0.25) is 5.91 Å². The third-order valence-corrected chi connectivity index (χ3v) is 3.93. The van der Waals surface area contributed by atoms with E-state index in [1.165, 1.54) is 5.56 Å². The summed E-state index contributed by atoms with van der Waals surface area (Å²) >= 11 is 0. The molecule has 4 nitrogen and oxygen atoms in total. The maximum absolute atomic E-state index is 12.6. The molecule has 2 unspecified atom stereocenters. The van der Waals surface area contributed by atoms with Crippen LogP contribution < -0.4 is 10.2 Å². The topological polar surface area (TPSA) is 41.6 Å². The van der Waals surface area contributed by atoms with E-state index < -0.39 is 0 Å². The highest BCUT2D eigenvalue weighted by molar-refractivity contribution is 5.95. The van der Waals surface area contributed by atoms with E-state index in [0.717, 1.165) is 18.7 Å². The molecular weight excluding hydrogens is 252 g/mol. The number of amides is 1. The molecule has 1 aliphatic heterocycles. The van der Waals surface area contributed by atoms with E-state index >= 15 is 0 Å². The summed E-state index contributed by atoms with van der Waals surface area (Å²) in [6.45, 7) is 6.15. The molecule has 0 spiro atoms. The zero-order chi connectivity index (χ0) is 14.5. The Hall–Kier alpha value is -1.39. The molecule has 1 fully saturated rings. The highest BCUT2D eigenvalue weighted by Gasteiger charge is 2.35. The van der Waals surface area contributed by atoms with Crippen molar-refractivity contribution in [3.8, 4) is 0 Å². The van der Waals surface area contributed by atoms with Gasteiger partial charge in [-0.15, -0.1) is 0 Å². The summed E-state index contributed by atoms with van der Waals surface area (Å²) in [4.78, 5) is 14.3. The molecule has 0 aromatic heterocycles. The fourth-order valence-corrected chi connectivity index (χ4v) is 2.59. The Morgan fingerprint density at radius 1 is 1.30 bits per heavy atom. The fraction of sp³-hybridized carbons (Fsp3) is 0.562. The highest BCUT2D eigenvalue weighted by Crippen LogP contribution is 2.21. The highest BCUT2D eigenvalue weighted by atomic mass is 16.5. The quantitative estimate of drug-likeness (QED) is 0.892. The van der Waals surface area contributed by atoms with Crippen molar-refractivity contribution < 1.29 is 9.53 Å². The molecule has 1 saturated heterocycles. The van der Waals surface area contributed by atoms with Gasteiger partial charge in [-0.05, 0) is 30.7 Å². The van der Waals surface area contributed by atoms with Gasteiger partial charge in [0.1, 0.15) is 0 Å². The molecule has 0 radical (unpaired) electrons. The van der Waals surface area contributed by atoms with Crippen LogP contribution in [0.4, 0.5) is 5.69 Å². The molecule has 1 aromatic carbocycles. The first kappa shape index (κ1) is 15.0. The van der Waals surface area contributed by atoms with Gasteiger partial charge in [-0.3, -0.25) is 4.79 Å². The zero-order valence-corrected chi connectivity index (χ0v) is 12.6. The Bertz CT molecular complexity index is 444. The third-order valence-electron chi connectivity index (χ3n) is 3.93. The Balaban J connectivity index is 2.07. The van der Waals surface area contributed by atoms with Crippen LogP contribution in [0.2, 0.25) is 0 Å². The van der Waals surface area contributed by atoms with Gasteiger partial charge in [0.05, 0.1) is 19.1 Å². The van der Waals surface area contributed by atoms with Gasteiger partial charge in [-0.1, -0.05) is 26.0 Å². The number of rotatable bonds is 5. The van der Waals surface area contributed by atoms with Crippen LogP contribution in [0.1, 0.15) is 19.4 Å². The SMILES string of the molecule is CCNC1COCC1C(=O)N(C)c1ccc(CC)cc1. The van der Waals surface area contributed by atoms with E-state index in [0.29, 0.717) is 13.2 Å². The maximum atomic E-state index is 12.6. The predicted molar refractivity (Wildman–Crippen MR) is 81.0 cm³/mol. The number of ether oxygens (including phenoxy) is 1. The number of nitrogens with one attached hydrogen (secondary N) is 1. The Kier molecular flexibility index (Phi) is 5.15. The molecule has 2 atom stereocenters. The number of nitrogens with zero attached hydrogens (tertiary/aromatic N) is 1. The lowest BCUT2D eigenvalue weighted by molar-refractivity contribution is -0.122. The standard InChI is InChI=1S/C16H24N2O2/c1-4-12-6-8-13(9-7-12)18(3)16(19)14-10-20-11-15(14)17-5-2/h6-9,14-15,17H,4-5,10-11H2,1-3H3. The number of hydrogen-bond donors (Lipinski definition) is 1. The average molecular weight is 276 g/mol. The van der Waals surface area contributed by atoms with E-state index in [1.54, 1.807) is 4.90 Å². The van der Waals surface area contributed by atoms with Gasteiger partial charge in [-0.25, -0.2) is 0 Å². The first-order valence-corrected chi connectivity index (χ1v) is 7.35. The molecular formula is C16H24N2O2. The Morgan fingerprint density at radius 2 is 2.00 bits per heavy atom. The monoisotopic (exact) mass is 276 g/mol. The maximum Gasteiger partial charge on any atom is 0.233 e. The van der Waals surface area contributed by atoms with Crippen LogP contribution in [0.15, 0.2) is 24.3 Å². The van der Waals surface area contributed by atoms with Gasteiger partial charge in [0, 0.05) is 18.8 Å². The van der Waals surface area contributed by atoms with Crippen LogP contribution in [-0.4, -0.2) is 38.8 Å². The minimum Gasteiger partial charge on any atom is -0.379 e. The number of benzene rings is 1. The summed E-state index contributed by atoms with van der Waals surface area (Å²) in [5, 5.41) is 3.33. The number of carbonyl (C=O) groups excluding carboxylic acids is 1. The molecule has 4 heteroatoms. The van der Waals surface area contributed by atoms with E-state index in [9.17, 15) is 4.79 Å². The van der Waals surface area contributed by atoms with Gasteiger partial charge < -0.3 is 15.0 Å². The first-order chi connectivity index (χ1) is 9.67. The van der Waals surface area contributed by atoms with Crippen LogP contribution >= 0.6 is 0 Å². The molecule has 0 bridgehead atoms. The average Bonchev–Trinajstić information content (AvgIpc) is 2.94. The second-order valence-electron chi connectivity index (χ2n) is 5.23. The second-order valence-corrected chi connectivity index (χ2v) is 5.23. The lowest BCUT2D eigenvalue weighted by Crippen LogP contribution is -2.44. The number of anilines is 1. The van der Waals surface area contributed by atoms with Crippen molar-refractivity contribution in [3.05, 3.63) is 29.8 Å². The molecule has 110 valence electrons. The van der Waals surface area contributed by atoms with Crippen LogP contribution in [-0.2, 0) is 16.0 Å². The second kappa shape index (κ2) is 6.86. The molecule has 1 N–H and O–H groups in total. The van der Waals surface area contributed by atoms with Crippen LogP contribution in [0.3, 0.4) is 0 Å². The number of likely N-dealkylation sites (N-methyl/N-ethyl adjacent to an activating group) is 1. The Labute approximate surface area is 121 Å². The smallest absolute Gasteiger partial charge is 0.233 e. The molecule has 2 rings (SSSR count). The van der Waals surface area contributed by atoms with Crippen molar-refractivity contribution in [3.63, 3.8) is 0 Å². The zero-order valence-electron chi connectivity index (χ0n) is 12.6. The number of carbonyl (C=O) groups is 1. The molecule has 0 aliphatic carbocycles. The molecule has 1 aliphatic rings. The van der Waals surface area contributed by atoms with Crippen LogP contribution in [0.25, 0.3) is 0 Å². The summed E-state index contributed by atoms with van der Waals surface area (Å²) in [7, 11) is 1.84. The molecule has 20 heavy (non-hydrogen) atoms. The van der Waals surface area contributed by atoms with Crippen LogP contribution in [0, 0.1) is 5.92 Å². The van der Waals surface area contributed by atoms with E-state index in [-0.39, 0.29) is 17.9 Å². The number of hydrogen-bond acceptors (Lipinski definition) is 3. The van der Waals surface area contributed by atoms with Gasteiger partial charge in [0.15, 0.2) is 0 Å². The summed E-state index contributed by atoms with van der Waals surface area (Å²) < 4.78 is 5.46. The summed E-state index contributed by atoms with van der Waals surface area (Å²) in [6, 6.07) is 8.30. The Morgan fingerprint density at radius 3 is 2.60 bits per heavy atom. The van der Waals surface area contributed by atoms with Crippen molar-refractivity contribution in [1.82, 2.24) is 5.32 Å². The van der Waals surface area contributed by atoms with Crippen molar-refractivity contribution in [2.45, 2.75) is 26.3 Å². The fourth-order valence-electron chi connectivity index (χ4n) is 2.59. The van der Waals surface area contributed by atoms with Gasteiger partial charge in [0.25, 0.3) is 0 Å². The number of aryl methyl sites for hydroxylation is 1. The van der Waals surface area contributed by atoms with E-state index in [1.807, 2.05) is 26.1 Å². The first-order valence-electron chi connectivity index (χ1n) is 7.35. The molecule has 1 heterocycles. The minimum absolute atomic E-state index is 0.0919. The summed E-state index contributed by atoms with van der Waals surface area (Å²) in [6.07, 6.45) is 1.01. The minimum atomic E-state index is -0.0919. The molecule has 0 saturated carbocycles. The molecule has 1 aromatic rings. The van der Waals surface area contributed by atoms with Crippen molar-refractivity contribution in [2.24, 2.45) is 5.92 Å². The van der Waals surface area contributed by atoms with Gasteiger partial charge in [-0.2, -0.15) is 0 Å². The third kappa shape index (κ3) is 3.19. The largest absolute Gasteiger partial charge is 0.379 e. The van der Waals surface area contributed by atoms with Crippen LogP contribution in [0.5, 0.6) is 0 Å². The van der Waals surface area contributed by atoms with E-state index in [4.69, 9.17) is 4.74 Å². The lowest BCUT2D eigenvalue weighted by atomic mass is 10.0. The normalized spacial score (nSPS) is 21.9. The van der Waals surface area contributed by atoms with Crippen molar-refractivity contribution in [1.29, 1.82) is 0 Å². The summed E-state index contributed by atoms with van der Waals surface area (Å²) in [5.41, 5.74) is 2.22. The van der Waals surface area contributed by atoms with Crippen molar-refractivity contribution in [2.75, 3.05) is 31.7 Å². The molecule has 1 amide bonds. The summed E-state index contributed by atoms with van der Waals surface area (Å²) in [5.74, 6) is 0.0310.